The van der Waals surface area contributed by atoms with Crippen molar-refractivity contribution in [1.82, 2.24) is 0 Å². The molecule has 1 aliphatic rings. The van der Waals surface area contributed by atoms with E-state index in [0.29, 0.717) is 23.5 Å². The average Bonchev–Trinajstić information content (AvgIpc) is 2.80. The lowest BCUT2D eigenvalue weighted by molar-refractivity contribution is 0.202. The summed E-state index contributed by atoms with van der Waals surface area (Å²) in [6.07, 6.45) is -1.02. The molecule has 0 radical (unpaired) electrons. The Morgan fingerprint density at radius 3 is 2.43 bits per heavy atom. The maximum absolute atomic E-state index is 11.2. The fraction of sp³-hybridized carbons (Fsp3) is 0.125. The van der Waals surface area contributed by atoms with Crippen LogP contribution >= 0.6 is 0 Å². The molecule has 1 aliphatic carbocycles. The van der Waals surface area contributed by atoms with Gasteiger partial charge in [0.15, 0.2) is 0 Å². The van der Waals surface area contributed by atoms with E-state index >= 15 is 0 Å². The first-order valence-electron chi connectivity index (χ1n) is 6.62. The van der Waals surface area contributed by atoms with Gasteiger partial charge in [0, 0.05) is 23.4 Å². The van der Waals surface area contributed by atoms with E-state index in [9.17, 15) is 15.1 Å². The summed E-state index contributed by atoms with van der Waals surface area (Å²) in [5.74, 6) is 0. The molecule has 106 valence electrons. The van der Waals surface area contributed by atoms with Crippen LogP contribution in [0, 0.1) is 5.21 Å². The van der Waals surface area contributed by atoms with E-state index in [1.54, 1.807) is 19.1 Å². The van der Waals surface area contributed by atoms with Gasteiger partial charge in [-0.25, -0.2) is 4.79 Å². The summed E-state index contributed by atoms with van der Waals surface area (Å²) in [6, 6.07) is 12.8. The van der Waals surface area contributed by atoms with Gasteiger partial charge in [0.2, 0.25) is 0 Å². The molecule has 0 atom stereocenters. The van der Waals surface area contributed by atoms with Crippen molar-refractivity contribution < 1.29 is 9.90 Å². The van der Waals surface area contributed by atoms with Gasteiger partial charge >= 0.3 is 6.09 Å². The van der Waals surface area contributed by atoms with Crippen LogP contribution in [0.1, 0.15) is 18.1 Å². The van der Waals surface area contributed by atoms with Crippen molar-refractivity contribution in [1.29, 1.82) is 0 Å². The quantitative estimate of drug-likeness (QED) is 0.730. The highest BCUT2D eigenvalue weighted by Gasteiger charge is 2.25. The summed E-state index contributed by atoms with van der Waals surface area (Å²) in [5, 5.41) is 23.5. The largest absolute Gasteiger partial charge is 0.791 e. The third-order valence-electron chi connectivity index (χ3n) is 3.68. The molecule has 0 aliphatic heterocycles. The highest BCUT2D eigenvalue weighted by atomic mass is 16.4. The van der Waals surface area contributed by atoms with E-state index < -0.39 is 6.09 Å². The third kappa shape index (κ3) is 1.94. The number of hydrogen-bond acceptors (Lipinski definition) is 3. The molecule has 2 aromatic rings. The Kier molecular flexibility index (Phi) is 3.10. The number of benzene rings is 2. The molecule has 5 heteroatoms. The standard InChI is InChI=1S/C16H14N2O3/c1-2-18(16(19)20)10-7-8-12-11-5-3-4-6-13(11)15(17-21)14(12)9-10/h3-9,21H,2H2,1H3,(H,19,20)/p-1. The van der Waals surface area contributed by atoms with Gasteiger partial charge in [-0.3, -0.25) is 4.90 Å². The second-order valence-corrected chi connectivity index (χ2v) is 4.74. The van der Waals surface area contributed by atoms with Crippen molar-refractivity contribution in [3.63, 3.8) is 0 Å². The molecule has 21 heavy (non-hydrogen) atoms. The fourth-order valence-corrected chi connectivity index (χ4v) is 2.73. The molecule has 0 unspecified atom stereocenters. The molecule has 2 aromatic carbocycles. The van der Waals surface area contributed by atoms with Crippen molar-refractivity contribution in [2.75, 3.05) is 11.4 Å². The minimum absolute atomic E-state index is 0.338. The predicted molar refractivity (Wildman–Crippen MR) is 81.9 cm³/mol. The Labute approximate surface area is 121 Å². The first kappa shape index (κ1) is 13.2. The minimum atomic E-state index is -1.02. The zero-order valence-electron chi connectivity index (χ0n) is 11.4. The fourth-order valence-electron chi connectivity index (χ4n) is 2.73. The Hall–Kier alpha value is -2.82. The second kappa shape index (κ2) is 4.94. The van der Waals surface area contributed by atoms with Gasteiger partial charge in [0.05, 0.1) is 5.71 Å². The molecule has 5 nitrogen and oxygen atoms in total. The van der Waals surface area contributed by atoms with Gasteiger partial charge in [-0.05, 0) is 30.2 Å². The van der Waals surface area contributed by atoms with E-state index in [2.05, 4.69) is 5.16 Å². The van der Waals surface area contributed by atoms with Gasteiger partial charge in [-0.2, -0.15) is 0 Å². The average molecular weight is 281 g/mol. The van der Waals surface area contributed by atoms with Gasteiger partial charge in [-0.15, -0.1) is 0 Å². The number of amides is 1. The predicted octanol–water partition coefficient (Wildman–Crippen LogP) is 3.51. The van der Waals surface area contributed by atoms with Gasteiger partial charge in [0.1, 0.15) is 0 Å². The summed E-state index contributed by atoms with van der Waals surface area (Å²) >= 11 is 0. The Morgan fingerprint density at radius 2 is 1.81 bits per heavy atom. The summed E-state index contributed by atoms with van der Waals surface area (Å²) in [6.45, 7) is 2.10. The van der Waals surface area contributed by atoms with Gasteiger partial charge < -0.3 is 15.5 Å². The van der Waals surface area contributed by atoms with E-state index in [1.165, 1.54) is 4.90 Å². The SMILES string of the molecule is CCN(C(=O)O)c1ccc2c(c1)C(=N[O-])c1ccccc1-2. The lowest BCUT2D eigenvalue weighted by Gasteiger charge is -2.18. The number of anilines is 1. The van der Waals surface area contributed by atoms with Crippen LogP contribution in [-0.2, 0) is 0 Å². The summed E-state index contributed by atoms with van der Waals surface area (Å²) in [7, 11) is 0. The van der Waals surface area contributed by atoms with Crippen LogP contribution in [0.4, 0.5) is 10.5 Å². The van der Waals surface area contributed by atoms with Crippen molar-refractivity contribution in [3.05, 3.63) is 58.8 Å². The number of carboxylic acid groups (broad SMARTS) is 1. The molecule has 1 amide bonds. The molecule has 0 saturated heterocycles. The molecule has 0 saturated carbocycles. The van der Waals surface area contributed by atoms with Gasteiger partial charge in [-0.1, -0.05) is 30.3 Å². The maximum atomic E-state index is 11.2. The van der Waals surface area contributed by atoms with E-state index in [0.717, 1.165) is 16.7 Å². The van der Waals surface area contributed by atoms with Crippen molar-refractivity contribution in [2.45, 2.75) is 6.92 Å². The molecule has 0 heterocycles. The van der Waals surface area contributed by atoms with Crippen LogP contribution in [0.3, 0.4) is 0 Å². The first-order valence-corrected chi connectivity index (χ1v) is 6.62. The summed E-state index contributed by atoms with van der Waals surface area (Å²) in [5.41, 5.74) is 4.24. The maximum Gasteiger partial charge on any atom is 0.411 e. The van der Waals surface area contributed by atoms with Crippen LogP contribution in [0.2, 0.25) is 0 Å². The molecule has 0 bridgehead atoms. The Bertz CT molecular complexity index is 753. The number of hydrogen-bond donors (Lipinski definition) is 1. The number of carbonyl (C=O) groups is 1. The van der Waals surface area contributed by atoms with Crippen molar-refractivity contribution in [2.24, 2.45) is 5.16 Å². The number of rotatable bonds is 2. The van der Waals surface area contributed by atoms with Gasteiger partial charge in [0.25, 0.3) is 0 Å². The monoisotopic (exact) mass is 281 g/mol. The van der Waals surface area contributed by atoms with E-state index in [1.807, 2.05) is 30.3 Å². The molecule has 1 N–H and O–H groups in total. The smallest absolute Gasteiger partial charge is 0.411 e. The molecule has 0 spiro atoms. The zero-order chi connectivity index (χ0) is 15.0. The number of fused-ring (bicyclic) bond motifs is 3. The normalized spacial score (nSPS) is 13.9. The van der Waals surface area contributed by atoms with Crippen LogP contribution in [-0.4, -0.2) is 23.5 Å². The second-order valence-electron chi connectivity index (χ2n) is 4.74. The molecule has 0 fully saturated rings. The number of nitrogens with zero attached hydrogens (tertiary/aromatic N) is 2. The highest BCUT2D eigenvalue weighted by Crippen LogP contribution is 2.38. The first-order chi connectivity index (χ1) is 10.2. The van der Waals surface area contributed by atoms with E-state index in [4.69, 9.17) is 0 Å². The topological polar surface area (TPSA) is 76.0 Å². The molecule has 3 rings (SSSR count). The minimum Gasteiger partial charge on any atom is -0.791 e. The Morgan fingerprint density at radius 1 is 1.14 bits per heavy atom. The third-order valence-corrected chi connectivity index (χ3v) is 3.68. The highest BCUT2D eigenvalue weighted by molar-refractivity contribution is 6.25. The lowest BCUT2D eigenvalue weighted by atomic mass is 10.1. The molecule has 0 aromatic heterocycles. The van der Waals surface area contributed by atoms with Crippen molar-refractivity contribution >= 4 is 17.5 Å². The van der Waals surface area contributed by atoms with Crippen LogP contribution in [0.25, 0.3) is 11.1 Å². The summed E-state index contributed by atoms with van der Waals surface area (Å²) < 4.78 is 0. The molecular weight excluding hydrogens is 268 g/mol. The van der Waals surface area contributed by atoms with Crippen LogP contribution in [0.15, 0.2) is 47.6 Å². The van der Waals surface area contributed by atoms with Crippen LogP contribution < -0.4 is 4.90 Å². The zero-order valence-corrected chi connectivity index (χ0v) is 11.4. The van der Waals surface area contributed by atoms with E-state index in [-0.39, 0.29) is 0 Å². The van der Waals surface area contributed by atoms with Crippen LogP contribution in [0.5, 0.6) is 0 Å². The van der Waals surface area contributed by atoms with Crippen molar-refractivity contribution in [3.8, 4) is 11.1 Å². The lowest BCUT2D eigenvalue weighted by Crippen LogP contribution is -2.28. The molecular formula is C16H13N2O3-. The summed E-state index contributed by atoms with van der Waals surface area (Å²) in [4.78, 5) is 12.5. The Balaban J connectivity index is 2.17.